The normalized spacial score (nSPS) is 14.1. The zero-order chi connectivity index (χ0) is 16.6. The van der Waals surface area contributed by atoms with E-state index in [0.29, 0.717) is 6.54 Å². The number of aromatic nitrogens is 1. The minimum atomic E-state index is -0.461. The summed E-state index contributed by atoms with van der Waals surface area (Å²) in [6.45, 7) is 6.96. The fourth-order valence-corrected chi connectivity index (χ4v) is 3.65. The minimum absolute atomic E-state index is 0.353. The summed E-state index contributed by atoms with van der Waals surface area (Å²) in [5, 5.41) is 4.19. The third kappa shape index (κ3) is 3.55. The molecule has 1 aromatic carbocycles. The smallest absolute Gasteiger partial charge is 0.407 e. The van der Waals surface area contributed by atoms with E-state index in [-0.39, 0.29) is 6.09 Å². The first-order valence-electron chi connectivity index (χ1n) is 8.11. The topological polar surface area (TPSA) is 43.3 Å². The van der Waals surface area contributed by atoms with Gasteiger partial charge in [0.25, 0.3) is 0 Å². The van der Waals surface area contributed by atoms with Crippen molar-refractivity contribution in [2.45, 2.75) is 52.2 Å². The molecule has 0 radical (unpaired) electrons. The number of nitrogens with one attached hydrogen (secondary N) is 1. The van der Waals surface area contributed by atoms with E-state index in [1.165, 1.54) is 28.6 Å². The van der Waals surface area contributed by atoms with Crippen LogP contribution in [0.15, 0.2) is 22.7 Å². The van der Waals surface area contributed by atoms with Crippen molar-refractivity contribution in [3.05, 3.63) is 33.9 Å². The van der Waals surface area contributed by atoms with Crippen LogP contribution in [0.4, 0.5) is 4.79 Å². The van der Waals surface area contributed by atoms with Gasteiger partial charge in [-0.3, -0.25) is 0 Å². The average molecular weight is 379 g/mol. The van der Waals surface area contributed by atoms with Gasteiger partial charge in [-0.05, 0) is 63.8 Å². The summed E-state index contributed by atoms with van der Waals surface area (Å²) >= 11 is 3.57. The molecule has 0 fully saturated rings. The van der Waals surface area contributed by atoms with Crippen LogP contribution in [0.5, 0.6) is 0 Å². The van der Waals surface area contributed by atoms with Crippen LogP contribution in [-0.4, -0.2) is 22.8 Å². The fraction of sp³-hybridized carbons (Fsp3) is 0.500. The van der Waals surface area contributed by atoms with Crippen LogP contribution in [0, 0.1) is 0 Å². The number of hydrogen-bond acceptors (Lipinski definition) is 2. The number of carbonyl (C=O) groups is 1. The molecule has 1 amide bonds. The van der Waals surface area contributed by atoms with Crippen molar-refractivity contribution in [2.24, 2.45) is 0 Å². The molecule has 0 spiro atoms. The first kappa shape index (κ1) is 16.4. The lowest BCUT2D eigenvalue weighted by atomic mass is 10.1. The number of fused-ring (bicyclic) bond motifs is 3. The van der Waals surface area contributed by atoms with E-state index >= 15 is 0 Å². The van der Waals surface area contributed by atoms with Crippen molar-refractivity contribution in [1.82, 2.24) is 9.88 Å². The lowest BCUT2D eigenvalue weighted by molar-refractivity contribution is 0.0526. The Morgan fingerprint density at radius 3 is 2.87 bits per heavy atom. The predicted molar refractivity (Wildman–Crippen MR) is 95.9 cm³/mol. The van der Waals surface area contributed by atoms with E-state index in [0.717, 1.165) is 23.9 Å². The molecule has 2 aromatic rings. The van der Waals surface area contributed by atoms with E-state index in [1.54, 1.807) is 0 Å². The molecule has 0 saturated carbocycles. The highest BCUT2D eigenvalue weighted by atomic mass is 79.9. The van der Waals surface area contributed by atoms with E-state index < -0.39 is 5.60 Å². The van der Waals surface area contributed by atoms with Gasteiger partial charge in [0.05, 0.1) is 0 Å². The Bertz CT molecular complexity index is 744. The van der Waals surface area contributed by atoms with Gasteiger partial charge in [-0.25, -0.2) is 4.79 Å². The molecule has 1 heterocycles. The molecular weight excluding hydrogens is 356 g/mol. The maximum Gasteiger partial charge on any atom is 0.407 e. The third-order valence-corrected chi connectivity index (χ3v) is 4.59. The summed E-state index contributed by atoms with van der Waals surface area (Å²) in [6, 6.07) is 6.44. The third-order valence-electron chi connectivity index (χ3n) is 4.09. The molecule has 1 N–H and O–H groups in total. The Morgan fingerprint density at radius 2 is 2.13 bits per heavy atom. The fourth-order valence-electron chi connectivity index (χ4n) is 3.29. The van der Waals surface area contributed by atoms with E-state index in [9.17, 15) is 4.79 Å². The summed E-state index contributed by atoms with van der Waals surface area (Å²) in [6.07, 6.45) is 3.13. The lowest BCUT2D eigenvalue weighted by Gasteiger charge is -2.20. The number of carbonyl (C=O) groups excluding carboxylic acids is 1. The van der Waals surface area contributed by atoms with Crippen LogP contribution in [0.3, 0.4) is 0 Å². The van der Waals surface area contributed by atoms with Gasteiger partial charge in [0, 0.05) is 34.2 Å². The number of rotatable bonds is 3. The van der Waals surface area contributed by atoms with Crippen molar-refractivity contribution >= 4 is 32.9 Å². The van der Waals surface area contributed by atoms with Crippen LogP contribution in [0.1, 0.15) is 38.4 Å². The van der Waals surface area contributed by atoms with Gasteiger partial charge >= 0.3 is 6.09 Å². The lowest BCUT2D eigenvalue weighted by Crippen LogP contribution is -2.34. The summed E-state index contributed by atoms with van der Waals surface area (Å²) in [5.41, 5.74) is 3.68. The van der Waals surface area contributed by atoms with E-state index in [2.05, 4.69) is 44.0 Å². The number of aryl methyl sites for hydroxylation is 1. The highest BCUT2D eigenvalue weighted by Crippen LogP contribution is 2.34. The first-order valence-corrected chi connectivity index (χ1v) is 8.91. The quantitative estimate of drug-likeness (QED) is 0.858. The average Bonchev–Trinajstić information content (AvgIpc) is 2.99. The second kappa shape index (κ2) is 6.19. The number of benzene rings is 1. The largest absolute Gasteiger partial charge is 0.444 e. The van der Waals surface area contributed by atoms with Crippen LogP contribution in [-0.2, 0) is 24.1 Å². The Labute approximate surface area is 145 Å². The number of ether oxygens (including phenoxy) is 1. The molecule has 3 rings (SSSR count). The molecule has 1 aliphatic carbocycles. The Kier molecular flexibility index (Phi) is 4.41. The second-order valence-electron chi connectivity index (χ2n) is 7.02. The van der Waals surface area contributed by atoms with Crippen molar-refractivity contribution in [3.8, 4) is 0 Å². The maximum atomic E-state index is 11.8. The predicted octanol–water partition coefficient (Wildman–Crippen LogP) is 4.42. The van der Waals surface area contributed by atoms with Crippen molar-refractivity contribution in [3.63, 3.8) is 0 Å². The molecule has 0 aliphatic heterocycles. The van der Waals surface area contributed by atoms with E-state index in [4.69, 9.17) is 4.74 Å². The molecule has 5 heteroatoms. The minimum Gasteiger partial charge on any atom is -0.444 e. The zero-order valence-electron chi connectivity index (χ0n) is 13.9. The van der Waals surface area contributed by atoms with Gasteiger partial charge in [0.15, 0.2) is 0 Å². The highest BCUT2D eigenvalue weighted by Gasteiger charge is 2.21. The number of alkyl carbamates (subject to hydrolysis) is 1. The monoisotopic (exact) mass is 378 g/mol. The van der Waals surface area contributed by atoms with Crippen molar-refractivity contribution in [2.75, 3.05) is 6.54 Å². The maximum absolute atomic E-state index is 11.8. The van der Waals surface area contributed by atoms with Crippen LogP contribution in [0.2, 0.25) is 0 Å². The number of nitrogens with zero attached hydrogens (tertiary/aromatic N) is 1. The van der Waals surface area contributed by atoms with Crippen LogP contribution >= 0.6 is 15.9 Å². The molecule has 124 valence electrons. The zero-order valence-corrected chi connectivity index (χ0v) is 15.5. The van der Waals surface area contributed by atoms with Crippen molar-refractivity contribution in [1.29, 1.82) is 0 Å². The molecule has 4 nitrogen and oxygen atoms in total. The summed E-state index contributed by atoms with van der Waals surface area (Å²) in [7, 11) is 0. The molecule has 0 atom stereocenters. The number of halogens is 1. The Balaban J connectivity index is 1.75. The van der Waals surface area contributed by atoms with Gasteiger partial charge in [0.1, 0.15) is 5.60 Å². The SMILES string of the molecule is CC(C)(C)OC(=O)NCCn1c2c(c3cc(Br)ccc31)CCC2. The van der Waals surface area contributed by atoms with Gasteiger partial charge < -0.3 is 14.6 Å². The molecule has 0 unspecified atom stereocenters. The van der Waals surface area contributed by atoms with Gasteiger partial charge in [-0.15, -0.1) is 0 Å². The van der Waals surface area contributed by atoms with Crippen molar-refractivity contribution < 1.29 is 9.53 Å². The van der Waals surface area contributed by atoms with E-state index in [1.807, 2.05) is 20.8 Å². The summed E-state index contributed by atoms with van der Waals surface area (Å²) in [4.78, 5) is 11.8. The molecule has 1 aliphatic rings. The highest BCUT2D eigenvalue weighted by molar-refractivity contribution is 9.10. The first-order chi connectivity index (χ1) is 10.8. The van der Waals surface area contributed by atoms with Crippen LogP contribution < -0.4 is 5.32 Å². The molecule has 0 bridgehead atoms. The van der Waals surface area contributed by atoms with Gasteiger partial charge in [-0.1, -0.05) is 15.9 Å². The molecular formula is C18H23BrN2O2. The Hall–Kier alpha value is -1.49. The standard InChI is InChI=1S/C18H23BrN2O2/c1-18(2,3)23-17(22)20-9-10-21-15-6-4-5-13(15)14-11-12(19)7-8-16(14)21/h7-8,11H,4-6,9-10H2,1-3H3,(H,20,22). The molecule has 0 saturated heterocycles. The number of hydrogen-bond donors (Lipinski definition) is 1. The van der Waals surface area contributed by atoms with Crippen LogP contribution in [0.25, 0.3) is 10.9 Å². The summed E-state index contributed by atoms with van der Waals surface area (Å²) in [5.74, 6) is 0. The summed E-state index contributed by atoms with van der Waals surface area (Å²) < 4.78 is 8.75. The second-order valence-corrected chi connectivity index (χ2v) is 7.94. The Morgan fingerprint density at radius 1 is 1.35 bits per heavy atom. The molecule has 1 aromatic heterocycles. The van der Waals surface area contributed by atoms with Gasteiger partial charge in [-0.2, -0.15) is 0 Å². The van der Waals surface area contributed by atoms with Gasteiger partial charge in [0.2, 0.25) is 0 Å². The molecule has 23 heavy (non-hydrogen) atoms. The number of amides is 1.